The SMILES string of the molecule is CC1(C)CCCCC1(N)Cc1cccc(Br)c1. The van der Waals surface area contributed by atoms with Crippen LogP contribution in [0.2, 0.25) is 0 Å². The van der Waals surface area contributed by atoms with Crippen molar-refractivity contribution in [3.8, 4) is 0 Å². The van der Waals surface area contributed by atoms with Gasteiger partial charge in [-0.15, -0.1) is 0 Å². The molecule has 1 fully saturated rings. The molecule has 2 rings (SSSR count). The standard InChI is InChI=1S/C15H22BrN/c1-14(2)8-3-4-9-15(14,17)11-12-6-5-7-13(16)10-12/h5-7,10H,3-4,8-9,11,17H2,1-2H3. The summed E-state index contributed by atoms with van der Waals surface area (Å²) in [5.41, 5.74) is 8.24. The smallest absolute Gasteiger partial charge is 0.0246 e. The van der Waals surface area contributed by atoms with E-state index in [1.54, 1.807) is 0 Å². The fourth-order valence-corrected chi connectivity index (χ4v) is 3.38. The summed E-state index contributed by atoms with van der Waals surface area (Å²) in [5, 5.41) is 0. The maximum absolute atomic E-state index is 6.70. The predicted molar refractivity (Wildman–Crippen MR) is 77.0 cm³/mol. The molecule has 1 aliphatic carbocycles. The Labute approximate surface area is 113 Å². The molecule has 0 aliphatic heterocycles. The first-order valence-electron chi connectivity index (χ1n) is 6.46. The quantitative estimate of drug-likeness (QED) is 0.865. The van der Waals surface area contributed by atoms with Gasteiger partial charge in [0.25, 0.3) is 0 Å². The summed E-state index contributed by atoms with van der Waals surface area (Å²) in [5.74, 6) is 0. The number of rotatable bonds is 2. The fourth-order valence-electron chi connectivity index (χ4n) is 2.93. The second-order valence-electron chi connectivity index (χ2n) is 6.05. The molecule has 0 spiro atoms. The van der Waals surface area contributed by atoms with Gasteiger partial charge < -0.3 is 5.73 Å². The van der Waals surface area contributed by atoms with Gasteiger partial charge in [-0.2, -0.15) is 0 Å². The second-order valence-corrected chi connectivity index (χ2v) is 6.97. The van der Waals surface area contributed by atoms with Crippen LogP contribution in [0.4, 0.5) is 0 Å². The molecule has 0 aromatic heterocycles. The Balaban J connectivity index is 2.21. The largest absolute Gasteiger partial charge is 0.324 e. The van der Waals surface area contributed by atoms with E-state index in [0.29, 0.717) is 0 Å². The van der Waals surface area contributed by atoms with Crippen molar-refractivity contribution in [1.82, 2.24) is 0 Å². The van der Waals surface area contributed by atoms with E-state index in [1.165, 1.54) is 24.8 Å². The summed E-state index contributed by atoms with van der Waals surface area (Å²) < 4.78 is 1.15. The highest BCUT2D eigenvalue weighted by atomic mass is 79.9. The summed E-state index contributed by atoms with van der Waals surface area (Å²) in [6.45, 7) is 4.65. The maximum Gasteiger partial charge on any atom is 0.0246 e. The molecular formula is C15H22BrN. The Morgan fingerprint density at radius 3 is 2.59 bits per heavy atom. The van der Waals surface area contributed by atoms with Crippen LogP contribution in [0, 0.1) is 5.41 Å². The molecule has 1 saturated carbocycles. The third kappa shape index (κ3) is 2.74. The molecule has 1 aromatic carbocycles. The van der Waals surface area contributed by atoms with Gasteiger partial charge in [0.05, 0.1) is 0 Å². The zero-order valence-corrected chi connectivity index (χ0v) is 12.4. The Morgan fingerprint density at radius 1 is 1.24 bits per heavy atom. The summed E-state index contributed by atoms with van der Waals surface area (Å²) >= 11 is 3.53. The van der Waals surface area contributed by atoms with E-state index in [0.717, 1.165) is 17.3 Å². The van der Waals surface area contributed by atoms with E-state index in [1.807, 2.05) is 0 Å². The van der Waals surface area contributed by atoms with Crippen LogP contribution in [0.15, 0.2) is 28.7 Å². The van der Waals surface area contributed by atoms with Crippen LogP contribution in [-0.4, -0.2) is 5.54 Å². The molecular weight excluding hydrogens is 274 g/mol. The summed E-state index contributed by atoms with van der Waals surface area (Å²) in [7, 11) is 0. The lowest BCUT2D eigenvalue weighted by atomic mass is 9.61. The van der Waals surface area contributed by atoms with E-state index in [9.17, 15) is 0 Å². The molecule has 2 N–H and O–H groups in total. The molecule has 2 heteroatoms. The topological polar surface area (TPSA) is 26.0 Å². The van der Waals surface area contributed by atoms with E-state index in [4.69, 9.17) is 5.73 Å². The van der Waals surface area contributed by atoms with E-state index in [2.05, 4.69) is 54.0 Å². The minimum atomic E-state index is -0.0496. The third-order valence-corrected chi connectivity index (χ3v) is 4.92. The number of benzene rings is 1. The first-order chi connectivity index (χ1) is 7.93. The van der Waals surface area contributed by atoms with E-state index < -0.39 is 0 Å². The molecule has 0 saturated heterocycles. The molecule has 0 bridgehead atoms. The average Bonchev–Trinajstić information content (AvgIpc) is 2.23. The number of halogens is 1. The minimum absolute atomic E-state index is 0.0496. The van der Waals surface area contributed by atoms with Gasteiger partial charge in [-0.25, -0.2) is 0 Å². The molecule has 94 valence electrons. The third-order valence-electron chi connectivity index (χ3n) is 4.43. The van der Waals surface area contributed by atoms with Crippen molar-refractivity contribution >= 4 is 15.9 Å². The van der Waals surface area contributed by atoms with Crippen molar-refractivity contribution in [3.63, 3.8) is 0 Å². The molecule has 0 heterocycles. The molecule has 0 radical (unpaired) electrons. The predicted octanol–water partition coefficient (Wildman–Crippen LogP) is 4.29. The molecule has 1 atom stereocenters. The minimum Gasteiger partial charge on any atom is -0.324 e. The lowest BCUT2D eigenvalue weighted by Crippen LogP contribution is -2.56. The summed E-state index contributed by atoms with van der Waals surface area (Å²) in [4.78, 5) is 0. The van der Waals surface area contributed by atoms with Crippen LogP contribution in [0.3, 0.4) is 0 Å². The van der Waals surface area contributed by atoms with Crippen molar-refractivity contribution < 1.29 is 0 Å². The van der Waals surface area contributed by atoms with Crippen molar-refractivity contribution in [2.24, 2.45) is 11.1 Å². The molecule has 1 aromatic rings. The first kappa shape index (κ1) is 13.1. The second kappa shape index (κ2) is 4.74. The van der Waals surface area contributed by atoms with Gasteiger partial charge in [-0.05, 0) is 42.4 Å². The zero-order chi connectivity index (χ0) is 12.5. The van der Waals surface area contributed by atoms with Gasteiger partial charge in [0.2, 0.25) is 0 Å². The summed E-state index contributed by atoms with van der Waals surface area (Å²) in [6, 6.07) is 8.54. The highest BCUT2D eigenvalue weighted by Crippen LogP contribution is 2.43. The molecule has 1 nitrogen and oxygen atoms in total. The lowest BCUT2D eigenvalue weighted by molar-refractivity contribution is 0.0990. The van der Waals surface area contributed by atoms with Crippen LogP contribution >= 0.6 is 15.9 Å². The van der Waals surface area contributed by atoms with Crippen molar-refractivity contribution in [2.75, 3.05) is 0 Å². The van der Waals surface area contributed by atoms with Crippen molar-refractivity contribution in [3.05, 3.63) is 34.3 Å². The highest BCUT2D eigenvalue weighted by Gasteiger charge is 2.43. The fraction of sp³-hybridized carbons (Fsp3) is 0.600. The van der Waals surface area contributed by atoms with Crippen LogP contribution < -0.4 is 5.73 Å². The van der Waals surface area contributed by atoms with Crippen LogP contribution in [0.1, 0.15) is 45.1 Å². The van der Waals surface area contributed by atoms with Gasteiger partial charge in [0, 0.05) is 10.0 Å². The van der Waals surface area contributed by atoms with Gasteiger partial charge >= 0.3 is 0 Å². The van der Waals surface area contributed by atoms with Gasteiger partial charge in [-0.1, -0.05) is 54.8 Å². The van der Waals surface area contributed by atoms with Gasteiger partial charge in [0.15, 0.2) is 0 Å². The zero-order valence-electron chi connectivity index (χ0n) is 10.8. The molecule has 0 amide bonds. The number of nitrogens with two attached hydrogens (primary N) is 1. The Bertz CT molecular complexity index is 400. The van der Waals surface area contributed by atoms with Gasteiger partial charge in [-0.3, -0.25) is 0 Å². The van der Waals surface area contributed by atoms with E-state index in [-0.39, 0.29) is 11.0 Å². The molecule has 17 heavy (non-hydrogen) atoms. The summed E-state index contributed by atoms with van der Waals surface area (Å²) in [6.07, 6.45) is 5.97. The van der Waals surface area contributed by atoms with Gasteiger partial charge in [0.1, 0.15) is 0 Å². The molecule has 1 unspecified atom stereocenters. The highest BCUT2D eigenvalue weighted by molar-refractivity contribution is 9.10. The maximum atomic E-state index is 6.70. The first-order valence-corrected chi connectivity index (χ1v) is 7.26. The van der Waals surface area contributed by atoms with Crippen LogP contribution in [-0.2, 0) is 6.42 Å². The average molecular weight is 296 g/mol. The Kier molecular flexibility index (Phi) is 3.65. The lowest BCUT2D eigenvalue weighted by Gasteiger charge is -2.48. The molecule has 1 aliphatic rings. The van der Waals surface area contributed by atoms with Crippen molar-refractivity contribution in [1.29, 1.82) is 0 Å². The monoisotopic (exact) mass is 295 g/mol. The van der Waals surface area contributed by atoms with Crippen molar-refractivity contribution in [2.45, 2.75) is 51.5 Å². The normalized spacial score (nSPS) is 28.0. The Hall–Kier alpha value is -0.340. The number of hydrogen-bond acceptors (Lipinski definition) is 1. The number of hydrogen-bond donors (Lipinski definition) is 1. The Morgan fingerprint density at radius 2 is 1.94 bits per heavy atom. The van der Waals surface area contributed by atoms with E-state index >= 15 is 0 Å². The van der Waals surface area contributed by atoms with Crippen LogP contribution in [0.25, 0.3) is 0 Å². The van der Waals surface area contributed by atoms with Crippen LogP contribution in [0.5, 0.6) is 0 Å².